The predicted octanol–water partition coefficient (Wildman–Crippen LogP) is 2.34. The number of nitrogens with zero attached hydrogens (tertiary/aromatic N) is 2. The lowest BCUT2D eigenvalue weighted by molar-refractivity contribution is -0.140. The number of nitrogens with two attached hydrogens (primary N) is 2. The van der Waals surface area contributed by atoms with Gasteiger partial charge in [0.15, 0.2) is 0 Å². The summed E-state index contributed by atoms with van der Waals surface area (Å²) >= 11 is 0.758. The predicted molar refractivity (Wildman–Crippen MR) is 210 cm³/mol. The summed E-state index contributed by atoms with van der Waals surface area (Å²) in [5.41, 5.74) is 12.9. The zero-order chi connectivity index (χ0) is 42.3. The molecule has 1 aromatic heterocycles. The summed E-state index contributed by atoms with van der Waals surface area (Å²) in [6.07, 6.45) is 1.32. The fourth-order valence-corrected chi connectivity index (χ4v) is 7.00. The van der Waals surface area contributed by atoms with Gasteiger partial charge in [0.25, 0.3) is 0 Å². The van der Waals surface area contributed by atoms with Crippen molar-refractivity contribution in [1.29, 1.82) is 0 Å². The van der Waals surface area contributed by atoms with E-state index >= 15 is 4.39 Å². The quantitative estimate of drug-likeness (QED) is 0.0683. The molecule has 0 aliphatic carbocycles. The monoisotopic (exact) mass is 818 g/mol. The number of aliphatic hydroxyl groups is 1. The normalized spacial score (nSPS) is 13.6. The highest BCUT2D eigenvalue weighted by atomic mass is 32.2. The van der Waals surface area contributed by atoms with Crippen molar-refractivity contribution in [2.45, 2.75) is 63.5 Å². The van der Waals surface area contributed by atoms with Crippen LogP contribution in [0.5, 0.6) is 0 Å². The van der Waals surface area contributed by atoms with E-state index in [0.717, 1.165) is 35.5 Å². The van der Waals surface area contributed by atoms with E-state index in [1.165, 1.54) is 4.90 Å². The van der Waals surface area contributed by atoms with Gasteiger partial charge in [-0.25, -0.2) is 8.78 Å². The van der Waals surface area contributed by atoms with Gasteiger partial charge in [0.05, 0.1) is 25.3 Å². The Morgan fingerprint density at radius 3 is 2.21 bits per heavy atom. The second kappa shape index (κ2) is 22.2. The zero-order valence-corrected chi connectivity index (χ0v) is 33.0. The minimum atomic E-state index is -1.28. The zero-order valence-electron chi connectivity index (χ0n) is 32.2. The third kappa shape index (κ3) is 14.5. The first kappa shape index (κ1) is 46.5. The van der Waals surface area contributed by atoms with Crippen LogP contribution in [0.1, 0.15) is 50.9 Å². The lowest BCUT2D eigenvalue weighted by Gasteiger charge is -2.41. The van der Waals surface area contributed by atoms with Crippen LogP contribution < -0.4 is 22.1 Å². The number of ether oxygens (including phenoxy) is 1. The van der Waals surface area contributed by atoms with E-state index in [9.17, 15) is 38.6 Å². The first-order valence-electron chi connectivity index (χ1n) is 18.2. The van der Waals surface area contributed by atoms with Crippen LogP contribution >= 0.6 is 11.8 Å². The maximum Gasteiger partial charge on any atom is 0.321 e. The number of nitrogens with one attached hydrogen (secondary N) is 2. The van der Waals surface area contributed by atoms with Crippen LogP contribution in [0.3, 0.4) is 0 Å². The Hall–Kier alpha value is -4.88. The molecule has 4 atom stereocenters. The third-order valence-corrected chi connectivity index (χ3v) is 10.1. The molecule has 3 rings (SSSR count). The van der Waals surface area contributed by atoms with Gasteiger partial charge in [-0.1, -0.05) is 51.1 Å². The van der Waals surface area contributed by atoms with Crippen molar-refractivity contribution in [2.75, 3.05) is 45.2 Å². The Bertz CT molecular complexity index is 1820. The fourth-order valence-electron chi connectivity index (χ4n) is 6.00. The average Bonchev–Trinajstić information content (AvgIpc) is 3.56. The number of hydrogen-bond donors (Lipinski definition) is 7. The molecule has 0 spiro atoms. The number of thioether (sulfide) groups is 1. The first-order chi connectivity index (χ1) is 26.9. The van der Waals surface area contributed by atoms with Crippen molar-refractivity contribution in [2.24, 2.45) is 16.9 Å². The maximum absolute atomic E-state index is 15.0. The summed E-state index contributed by atoms with van der Waals surface area (Å²) in [5, 5.41) is 32.3. The number of carbonyl (C=O) groups excluding carboxylic acids is 3. The molecule has 15 nitrogen and oxygen atoms in total. The number of carboxylic acid groups (broad SMARTS) is 2. The van der Waals surface area contributed by atoms with E-state index in [2.05, 4.69) is 10.6 Å². The summed E-state index contributed by atoms with van der Waals surface area (Å²) in [6, 6.07) is 11.3. The Labute approximate surface area is 334 Å². The summed E-state index contributed by atoms with van der Waals surface area (Å²) in [7, 11) is 0. The molecular weight excluding hydrogens is 767 g/mol. The third-order valence-electron chi connectivity index (χ3n) is 8.81. The molecule has 9 N–H and O–H groups in total. The molecule has 0 bridgehead atoms. The second-order valence-electron chi connectivity index (χ2n) is 14.4. The highest BCUT2D eigenvalue weighted by Crippen LogP contribution is 2.41. The molecule has 0 aliphatic rings. The molecule has 18 heteroatoms. The van der Waals surface area contributed by atoms with Crippen molar-refractivity contribution >= 4 is 41.4 Å². The number of benzene rings is 2. The number of rotatable bonds is 23. The highest BCUT2D eigenvalue weighted by Gasteiger charge is 2.37. The molecular formula is C39H52F2N6O9S. The Morgan fingerprint density at radius 2 is 1.60 bits per heavy atom. The van der Waals surface area contributed by atoms with Crippen molar-refractivity contribution < 1.29 is 52.8 Å². The van der Waals surface area contributed by atoms with Gasteiger partial charge in [0, 0.05) is 61.4 Å². The van der Waals surface area contributed by atoms with Gasteiger partial charge < -0.3 is 51.6 Å². The van der Waals surface area contributed by atoms with Crippen molar-refractivity contribution in [3.05, 3.63) is 83.7 Å². The van der Waals surface area contributed by atoms with Crippen LogP contribution in [0, 0.1) is 17.0 Å². The smallest absolute Gasteiger partial charge is 0.321 e. The number of aliphatic carboxylic acids is 2. The Kier molecular flexibility index (Phi) is 18.1. The largest absolute Gasteiger partial charge is 0.480 e. The Morgan fingerprint density at radius 1 is 0.930 bits per heavy atom. The molecule has 0 fully saturated rings. The molecule has 0 saturated carbocycles. The molecule has 0 saturated heterocycles. The summed E-state index contributed by atoms with van der Waals surface area (Å²) in [6.45, 7) is 5.43. The lowest BCUT2D eigenvalue weighted by atomic mass is 9.82. The van der Waals surface area contributed by atoms with E-state index in [0.29, 0.717) is 17.8 Å². The topological polar surface area (TPSA) is 240 Å². The number of carboxylic acids is 2. The Balaban J connectivity index is 1.62. The van der Waals surface area contributed by atoms with Crippen molar-refractivity contribution in [3.63, 3.8) is 0 Å². The van der Waals surface area contributed by atoms with Crippen LogP contribution in [-0.4, -0.2) is 117 Å². The maximum atomic E-state index is 15.0. The van der Waals surface area contributed by atoms with E-state index in [-0.39, 0.29) is 50.6 Å². The number of halogens is 2. The molecule has 0 radical (unpaired) electrons. The minimum absolute atomic E-state index is 0.0136. The standard InChI is InChI=1S/C39H52F2N6O9S/c1-39(2,3)35(31-17-25(27-18-26(40)9-10-28(27)41)21-46(31)20-24-7-5-4-6-8-24)47(34(50)22-48)14-11-29(42)36(51)45-13-16-56-15-12-44-33(49)19-32(38(54)55)57-23-30(43)37(52)53/h4-10,17-18,21,29-30,32,35,48H,11-16,19-20,22-23,42-43H2,1-3H3,(H,44,49)(H,45,51)(H,52,53)(H,54,55)/t29-,30-,32?,35-/m0/s1. The molecule has 1 heterocycles. The second-order valence-corrected chi connectivity index (χ2v) is 15.6. The number of carbonyl (C=O) groups is 5. The van der Waals surface area contributed by atoms with Gasteiger partial charge in [0.2, 0.25) is 17.7 Å². The van der Waals surface area contributed by atoms with Crippen molar-refractivity contribution in [1.82, 2.24) is 20.1 Å². The summed E-state index contributed by atoms with van der Waals surface area (Å²) < 4.78 is 36.6. The number of hydrogen-bond acceptors (Lipinski definition) is 10. The van der Waals surface area contributed by atoms with E-state index in [1.807, 2.05) is 55.7 Å². The minimum Gasteiger partial charge on any atom is -0.480 e. The van der Waals surface area contributed by atoms with Gasteiger partial charge in [-0.15, -0.1) is 11.8 Å². The van der Waals surface area contributed by atoms with E-state index in [1.54, 1.807) is 12.3 Å². The number of aromatic nitrogens is 1. The SMILES string of the molecule is CC(C)(C)[C@H](c1cc(-c2cc(F)ccc2F)cn1Cc1ccccc1)N(CC[C@H](N)C(=O)NCCOCCNC(=O)CC(SC[C@H](N)C(=O)O)C(=O)O)C(=O)CO. The molecule has 3 aromatic rings. The number of amides is 3. The van der Waals surface area contributed by atoms with Crippen LogP contribution in [0.15, 0.2) is 60.8 Å². The lowest BCUT2D eigenvalue weighted by Crippen LogP contribution is -2.48. The van der Waals surface area contributed by atoms with Crippen LogP contribution in [0.2, 0.25) is 0 Å². The molecule has 2 aromatic carbocycles. The first-order valence-corrected chi connectivity index (χ1v) is 19.3. The van der Waals surface area contributed by atoms with Crippen LogP contribution in [0.25, 0.3) is 11.1 Å². The van der Waals surface area contributed by atoms with Crippen LogP contribution in [-0.2, 0) is 35.3 Å². The fraction of sp³-hybridized carbons (Fsp3) is 0.462. The summed E-state index contributed by atoms with van der Waals surface area (Å²) in [4.78, 5) is 62.3. The van der Waals surface area contributed by atoms with Crippen LogP contribution in [0.4, 0.5) is 8.78 Å². The van der Waals surface area contributed by atoms with Gasteiger partial charge in [0.1, 0.15) is 29.5 Å². The van der Waals surface area contributed by atoms with E-state index < -0.39 is 83.1 Å². The molecule has 1 unspecified atom stereocenters. The summed E-state index contributed by atoms with van der Waals surface area (Å²) in [5.74, 6) is -5.68. The molecule has 0 aliphatic heterocycles. The highest BCUT2D eigenvalue weighted by molar-refractivity contribution is 8.00. The number of aliphatic hydroxyl groups excluding tert-OH is 1. The molecule has 3 amide bonds. The average molecular weight is 819 g/mol. The van der Waals surface area contributed by atoms with E-state index in [4.69, 9.17) is 21.3 Å². The van der Waals surface area contributed by atoms with Gasteiger partial charge in [-0.3, -0.25) is 24.0 Å². The van der Waals surface area contributed by atoms with Gasteiger partial charge >= 0.3 is 11.9 Å². The van der Waals surface area contributed by atoms with Gasteiger partial charge in [-0.2, -0.15) is 0 Å². The molecule has 57 heavy (non-hydrogen) atoms. The van der Waals surface area contributed by atoms with Crippen molar-refractivity contribution in [3.8, 4) is 11.1 Å². The molecule has 312 valence electrons. The van der Waals surface area contributed by atoms with Gasteiger partial charge in [-0.05, 0) is 41.7 Å².